The lowest BCUT2D eigenvalue weighted by atomic mass is 9.77. The summed E-state index contributed by atoms with van der Waals surface area (Å²) in [6.07, 6.45) is 13.2. The van der Waals surface area contributed by atoms with Crippen molar-refractivity contribution in [2.75, 3.05) is 52.3 Å². The Bertz CT molecular complexity index is 3690. The Morgan fingerprint density at radius 3 is 0.619 bits per heavy atom. The van der Waals surface area contributed by atoms with Crippen LogP contribution in [-0.2, 0) is 0 Å². The lowest BCUT2D eigenvalue weighted by Crippen LogP contribution is -2.60. The molecule has 8 atom stereocenters. The Labute approximate surface area is 480 Å². The molecule has 12 aliphatic rings. The van der Waals surface area contributed by atoms with Gasteiger partial charge < -0.3 is 42.5 Å². The van der Waals surface area contributed by atoms with Gasteiger partial charge in [0.15, 0.2) is 0 Å². The molecule has 0 bridgehead atoms. The SMILES string of the molecule is O=C1c2c3c(c4c5c(c6c(c(c25)C(=O)N1c1ccccc1)NC1CCCCC1N6)C(=O)N(N1C(=O)c2c5c(c6c7c(c8c(c(c27)C1=O)NC1CCCCC1N8)C(=O)N(c1ccccc1)C6=O)NC1CCCCC1N5)C4=O)NC1CCCCC1N3. The second-order valence-corrected chi connectivity index (χ2v) is 25.1. The predicted molar refractivity (Wildman–Crippen MR) is 317 cm³/mol. The monoisotopic (exact) mass is 1120 g/mol. The number of amides is 8. The van der Waals surface area contributed by atoms with Gasteiger partial charge in [0.05, 0.1) is 101 Å². The standard InChI is InChI=1S/C64H58N12O8/c77-57-41-37-39-45(53-49(41)65-29-19-7-11-23-33(29)69-53)61(81)75(62(82)46(39)54-50(66-30-20-8-12-24-34(30)70-54)42(37)58(78)73(57)27-15-3-1-4-16-27)76-63(83)47-40-38-43(51-55(47)71-35-25-13-9-21-31(35)67-51)59(79)74(28-17-5-2-6-18-28)60(80)44(38)52-56(48(40)64(76)84)72-36-26-14-10-22-32(36)68-52/h1-6,15-18,29-36,65-72H,7-14,19-26H2. The number of benzene rings is 6. The molecule has 20 nitrogen and oxygen atoms in total. The number of hydrazine groups is 1. The lowest BCUT2D eigenvalue weighted by Gasteiger charge is -2.47. The average Bonchev–Trinajstić information content (AvgIpc) is 0.717. The maximum Gasteiger partial charge on any atom is 0.283 e. The molecule has 4 aliphatic carbocycles. The number of hydrogen-bond acceptors (Lipinski definition) is 16. The van der Waals surface area contributed by atoms with Crippen LogP contribution in [0, 0.1) is 0 Å². The zero-order chi connectivity index (χ0) is 56.3. The summed E-state index contributed by atoms with van der Waals surface area (Å²) in [5, 5.41) is 31.5. The van der Waals surface area contributed by atoms with Gasteiger partial charge >= 0.3 is 0 Å². The molecule has 0 spiro atoms. The van der Waals surface area contributed by atoms with E-state index in [-0.39, 0.29) is 137 Å². The molecular formula is C64H58N12O8. The van der Waals surface area contributed by atoms with Crippen molar-refractivity contribution in [2.45, 2.75) is 151 Å². The normalized spacial score (nSPS) is 27.4. The Balaban J connectivity index is 0.907. The largest absolute Gasteiger partial charge is 0.378 e. The third-order valence-electron chi connectivity index (χ3n) is 20.7. The summed E-state index contributed by atoms with van der Waals surface area (Å²) in [5.74, 6) is -6.54. The molecule has 8 aliphatic heterocycles. The summed E-state index contributed by atoms with van der Waals surface area (Å²) in [5.41, 5.74) is 3.13. The maximum absolute atomic E-state index is 16.7. The van der Waals surface area contributed by atoms with Crippen molar-refractivity contribution in [1.82, 2.24) is 10.0 Å². The highest BCUT2D eigenvalue weighted by Crippen LogP contribution is 2.59. The molecule has 84 heavy (non-hydrogen) atoms. The van der Waals surface area contributed by atoms with Crippen LogP contribution in [0.5, 0.6) is 0 Å². The van der Waals surface area contributed by atoms with Gasteiger partial charge in [-0.05, 0) is 75.6 Å². The predicted octanol–water partition coefficient (Wildman–Crippen LogP) is 10.00. The number of carbonyl (C=O) groups is 8. The molecule has 0 saturated heterocycles. The molecule has 20 heteroatoms. The number of carbonyl (C=O) groups excluding carboxylic acids is 8. The molecule has 6 aromatic rings. The molecule has 6 aromatic carbocycles. The van der Waals surface area contributed by atoms with E-state index >= 15 is 38.4 Å². The van der Waals surface area contributed by atoms with E-state index in [2.05, 4.69) is 42.5 Å². The van der Waals surface area contributed by atoms with Crippen LogP contribution in [0.25, 0.3) is 21.5 Å². The highest BCUT2D eigenvalue weighted by atomic mass is 16.2. The zero-order valence-corrected chi connectivity index (χ0v) is 45.8. The minimum atomic E-state index is -1.01. The van der Waals surface area contributed by atoms with Crippen LogP contribution >= 0.6 is 0 Å². The molecule has 8 unspecified atom stereocenters. The van der Waals surface area contributed by atoms with Gasteiger partial charge in [-0.25, -0.2) is 9.80 Å². The second-order valence-electron chi connectivity index (χ2n) is 25.1. The van der Waals surface area contributed by atoms with Crippen molar-refractivity contribution < 1.29 is 38.4 Å². The number of para-hydroxylation sites is 2. The van der Waals surface area contributed by atoms with Gasteiger partial charge in [-0.2, -0.15) is 10.0 Å². The Morgan fingerprint density at radius 1 is 0.250 bits per heavy atom. The van der Waals surface area contributed by atoms with Crippen LogP contribution in [0.15, 0.2) is 60.7 Å². The van der Waals surface area contributed by atoms with Gasteiger partial charge in [0.2, 0.25) is 0 Å². The number of anilines is 10. The highest BCUT2D eigenvalue weighted by Gasteiger charge is 2.57. The molecule has 4 fully saturated rings. The number of fused-ring (bicyclic) bond motifs is 16. The third-order valence-corrected chi connectivity index (χ3v) is 20.7. The molecule has 0 aromatic heterocycles. The fraction of sp³-hybridized carbons (Fsp3) is 0.375. The van der Waals surface area contributed by atoms with Crippen LogP contribution in [0.4, 0.5) is 56.9 Å². The molecule has 18 rings (SSSR count). The van der Waals surface area contributed by atoms with Crippen molar-refractivity contribution in [3.63, 3.8) is 0 Å². The van der Waals surface area contributed by atoms with Gasteiger partial charge in [-0.1, -0.05) is 87.8 Å². The first kappa shape index (κ1) is 48.3. The van der Waals surface area contributed by atoms with Crippen molar-refractivity contribution >= 4 is 126 Å². The molecular weight excluding hydrogens is 1060 g/mol. The average molecular weight is 1120 g/mol. The van der Waals surface area contributed by atoms with Gasteiger partial charge in [-0.3, -0.25) is 38.4 Å². The zero-order valence-electron chi connectivity index (χ0n) is 45.8. The minimum absolute atomic E-state index is 0.0622. The number of nitrogens with zero attached hydrogens (tertiary/aromatic N) is 4. The number of rotatable bonds is 3. The van der Waals surface area contributed by atoms with Gasteiger partial charge in [0.1, 0.15) is 0 Å². The van der Waals surface area contributed by atoms with Crippen molar-refractivity contribution in [3.8, 4) is 0 Å². The van der Waals surface area contributed by atoms with E-state index in [0.29, 0.717) is 44.1 Å². The van der Waals surface area contributed by atoms with E-state index < -0.39 is 47.3 Å². The molecule has 8 N–H and O–H groups in total. The Kier molecular flexibility index (Phi) is 9.90. The van der Waals surface area contributed by atoms with E-state index in [4.69, 9.17) is 0 Å². The summed E-state index contributed by atoms with van der Waals surface area (Å²) in [6, 6.07) is 16.0. The third kappa shape index (κ3) is 6.16. The second kappa shape index (κ2) is 17.2. The van der Waals surface area contributed by atoms with Crippen LogP contribution < -0.4 is 52.3 Å². The Hall–Kier alpha value is -9.20. The molecule has 0 radical (unpaired) electrons. The Morgan fingerprint density at radius 2 is 0.429 bits per heavy atom. The maximum atomic E-state index is 16.7. The van der Waals surface area contributed by atoms with Gasteiger partial charge in [0, 0.05) is 69.9 Å². The van der Waals surface area contributed by atoms with Crippen molar-refractivity contribution in [2.24, 2.45) is 0 Å². The van der Waals surface area contributed by atoms with Gasteiger partial charge in [0.25, 0.3) is 47.3 Å². The number of imide groups is 4. The smallest absolute Gasteiger partial charge is 0.283 e. The first-order valence-corrected chi connectivity index (χ1v) is 30.3. The fourth-order valence-corrected chi connectivity index (χ4v) is 17.0. The first-order valence-electron chi connectivity index (χ1n) is 30.3. The topological polar surface area (TPSA) is 246 Å². The summed E-state index contributed by atoms with van der Waals surface area (Å²) in [6.45, 7) is 0. The minimum Gasteiger partial charge on any atom is -0.378 e. The summed E-state index contributed by atoms with van der Waals surface area (Å²) in [4.78, 5) is 131. The molecule has 4 saturated carbocycles. The van der Waals surface area contributed by atoms with Crippen LogP contribution in [0.2, 0.25) is 0 Å². The highest BCUT2D eigenvalue weighted by molar-refractivity contribution is 6.48. The lowest BCUT2D eigenvalue weighted by molar-refractivity contribution is 0.00226. The van der Waals surface area contributed by atoms with Crippen molar-refractivity contribution in [3.05, 3.63) is 105 Å². The van der Waals surface area contributed by atoms with Gasteiger partial charge in [-0.15, -0.1) is 0 Å². The fourth-order valence-electron chi connectivity index (χ4n) is 17.0. The van der Waals surface area contributed by atoms with E-state index in [1.165, 1.54) is 9.80 Å². The molecule has 8 amide bonds. The summed E-state index contributed by atoms with van der Waals surface area (Å²) < 4.78 is 0. The van der Waals surface area contributed by atoms with Crippen LogP contribution in [0.1, 0.15) is 186 Å². The van der Waals surface area contributed by atoms with Crippen LogP contribution in [-0.4, -0.2) is 106 Å². The van der Waals surface area contributed by atoms with E-state index in [1.807, 2.05) is 12.1 Å². The molecule has 422 valence electrons. The van der Waals surface area contributed by atoms with E-state index in [0.717, 1.165) is 103 Å². The van der Waals surface area contributed by atoms with E-state index in [1.54, 1.807) is 48.5 Å². The summed E-state index contributed by atoms with van der Waals surface area (Å²) in [7, 11) is 0. The molecule has 8 heterocycles. The quantitative estimate of drug-likeness (QED) is 0.0768. The van der Waals surface area contributed by atoms with Crippen LogP contribution in [0.3, 0.4) is 0 Å². The van der Waals surface area contributed by atoms with E-state index in [9.17, 15) is 0 Å². The number of hydrogen-bond donors (Lipinski definition) is 8. The first-order chi connectivity index (χ1) is 41.0. The van der Waals surface area contributed by atoms with Crippen molar-refractivity contribution in [1.29, 1.82) is 0 Å². The number of nitrogens with one attached hydrogen (secondary N) is 8. The summed E-state index contributed by atoms with van der Waals surface area (Å²) >= 11 is 0.